The van der Waals surface area contributed by atoms with Gasteiger partial charge in [0.2, 0.25) is 11.8 Å². The molecule has 1 aliphatic carbocycles. The van der Waals surface area contributed by atoms with Gasteiger partial charge in [-0.2, -0.15) is 5.26 Å². The maximum absolute atomic E-state index is 13.6. The highest BCUT2D eigenvalue weighted by Crippen LogP contribution is 2.47. The molecular weight excluding hydrogens is 380 g/mol. The largest absolute Gasteiger partial charge is 0.322 e. The molecule has 7 nitrogen and oxygen atoms in total. The molecule has 2 amide bonds. The van der Waals surface area contributed by atoms with Gasteiger partial charge in [0.1, 0.15) is 17.7 Å². The summed E-state index contributed by atoms with van der Waals surface area (Å²) in [5, 5.41) is 9.29. The van der Waals surface area contributed by atoms with Crippen molar-refractivity contribution >= 4 is 17.5 Å². The van der Waals surface area contributed by atoms with Crippen molar-refractivity contribution in [2.24, 2.45) is 11.7 Å². The van der Waals surface area contributed by atoms with E-state index in [0.717, 1.165) is 24.6 Å². The Morgan fingerprint density at radius 2 is 1.97 bits per heavy atom. The highest BCUT2D eigenvalue weighted by molar-refractivity contribution is 6.01. The van der Waals surface area contributed by atoms with Crippen LogP contribution in [0, 0.1) is 28.9 Å². The molecule has 5 rings (SSSR count). The maximum atomic E-state index is 13.6. The minimum absolute atomic E-state index is 0.133. The Morgan fingerprint density at radius 3 is 2.62 bits per heavy atom. The highest BCUT2D eigenvalue weighted by Gasteiger charge is 2.55. The third kappa shape index (κ3) is 2.90. The van der Waals surface area contributed by atoms with Crippen LogP contribution in [-0.4, -0.2) is 64.9 Å². The second-order valence-corrected chi connectivity index (χ2v) is 8.49. The smallest absolute Gasteiger partial charge is 0.244 e. The second-order valence-electron chi connectivity index (χ2n) is 8.49. The summed E-state index contributed by atoms with van der Waals surface area (Å²) in [6, 6.07) is 3.52. The summed E-state index contributed by atoms with van der Waals surface area (Å²) in [5.74, 6) is -1.50. The first-order valence-electron chi connectivity index (χ1n) is 9.88. The van der Waals surface area contributed by atoms with Crippen molar-refractivity contribution in [3.05, 3.63) is 29.8 Å². The monoisotopic (exact) mass is 401 g/mol. The lowest BCUT2D eigenvalue weighted by molar-refractivity contribution is -0.135. The Labute approximate surface area is 166 Å². The topological polar surface area (TPSA) is 93.7 Å². The predicted octanol–water partition coefficient (Wildman–Crippen LogP) is 0.595. The quantitative estimate of drug-likeness (QED) is 0.797. The number of carbonyl (C=O) groups is 2. The van der Waals surface area contributed by atoms with Crippen LogP contribution in [0.25, 0.3) is 0 Å². The molecule has 0 spiro atoms. The number of nitrogens with two attached hydrogens (primary N) is 1. The molecule has 2 N–H and O–H groups in total. The molecule has 2 bridgehead atoms. The fourth-order valence-corrected chi connectivity index (χ4v) is 5.29. The van der Waals surface area contributed by atoms with Gasteiger partial charge >= 0.3 is 0 Å². The molecule has 9 heteroatoms. The third-order valence-electron chi connectivity index (χ3n) is 6.65. The zero-order chi connectivity index (χ0) is 20.4. The number of amides is 2. The molecule has 0 radical (unpaired) electrons. The van der Waals surface area contributed by atoms with E-state index in [1.54, 1.807) is 4.90 Å². The van der Waals surface area contributed by atoms with E-state index in [1.807, 2.05) is 4.90 Å². The molecule has 3 saturated heterocycles. The van der Waals surface area contributed by atoms with Crippen LogP contribution in [0.2, 0.25) is 0 Å². The Morgan fingerprint density at radius 1 is 1.24 bits per heavy atom. The molecule has 4 aliphatic rings. The number of piperidine rings is 1. The molecule has 4 fully saturated rings. The van der Waals surface area contributed by atoms with Crippen molar-refractivity contribution in [3.63, 3.8) is 0 Å². The van der Waals surface area contributed by atoms with Gasteiger partial charge in [-0.3, -0.25) is 14.5 Å². The van der Waals surface area contributed by atoms with E-state index < -0.39 is 29.8 Å². The van der Waals surface area contributed by atoms with Gasteiger partial charge in [0.05, 0.1) is 24.2 Å². The van der Waals surface area contributed by atoms with Gasteiger partial charge in [-0.15, -0.1) is 0 Å². The first-order valence-corrected chi connectivity index (χ1v) is 9.88. The van der Waals surface area contributed by atoms with Crippen LogP contribution in [0.15, 0.2) is 18.2 Å². The average molecular weight is 401 g/mol. The van der Waals surface area contributed by atoms with E-state index in [-0.39, 0.29) is 36.1 Å². The van der Waals surface area contributed by atoms with E-state index in [4.69, 9.17) is 5.73 Å². The number of carbonyl (C=O) groups excluding carboxylic acids is 2. The first-order chi connectivity index (χ1) is 13.9. The van der Waals surface area contributed by atoms with Crippen LogP contribution in [0.4, 0.5) is 14.5 Å². The molecule has 0 aromatic heterocycles. The summed E-state index contributed by atoms with van der Waals surface area (Å²) in [7, 11) is 0. The van der Waals surface area contributed by atoms with Crippen molar-refractivity contribution in [3.8, 4) is 6.07 Å². The first kappa shape index (κ1) is 18.5. The van der Waals surface area contributed by atoms with Crippen LogP contribution < -0.4 is 10.6 Å². The van der Waals surface area contributed by atoms with Gasteiger partial charge in [0.15, 0.2) is 0 Å². The fourth-order valence-electron chi connectivity index (χ4n) is 5.29. The molecule has 1 saturated carbocycles. The van der Waals surface area contributed by atoms with E-state index in [2.05, 4.69) is 6.07 Å². The molecule has 29 heavy (non-hydrogen) atoms. The summed E-state index contributed by atoms with van der Waals surface area (Å²) in [6.45, 7) is 0.715. The van der Waals surface area contributed by atoms with Crippen LogP contribution in [0.5, 0.6) is 0 Å². The van der Waals surface area contributed by atoms with Crippen LogP contribution in [-0.2, 0) is 9.59 Å². The number of halogens is 2. The minimum Gasteiger partial charge on any atom is -0.322 e. The number of benzene rings is 1. The molecule has 6 atom stereocenters. The molecule has 1 aromatic rings. The van der Waals surface area contributed by atoms with Gasteiger partial charge in [-0.1, -0.05) is 0 Å². The Balaban J connectivity index is 1.26. The van der Waals surface area contributed by atoms with Gasteiger partial charge in [-0.25, -0.2) is 8.78 Å². The van der Waals surface area contributed by atoms with E-state index in [9.17, 15) is 23.6 Å². The number of hydrogen-bond donors (Lipinski definition) is 1. The number of likely N-dealkylation sites (tertiary alicyclic amines) is 2. The van der Waals surface area contributed by atoms with Crippen molar-refractivity contribution in [1.82, 2.24) is 9.80 Å². The number of nitriles is 1. The Kier molecular flexibility index (Phi) is 4.12. The third-order valence-corrected chi connectivity index (χ3v) is 6.65. The summed E-state index contributed by atoms with van der Waals surface area (Å²) in [5.41, 5.74) is 6.39. The number of anilines is 1. The summed E-state index contributed by atoms with van der Waals surface area (Å²) in [6.07, 6.45) is 2.18. The Hall–Kier alpha value is -2.57. The van der Waals surface area contributed by atoms with Crippen LogP contribution >= 0.6 is 0 Å². The van der Waals surface area contributed by atoms with Crippen molar-refractivity contribution in [1.29, 1.82) is 5.26 Å². The number of fused-ring (bicyclic) bond motifs is 3. The van der Waals surface area contributed by atoms with Gasteiger partial charge in [-0.05, 0) is 37.3 Å². The van der Waals surface area contributed by atoms with Crippen molar-refractivity contribution in [2.75, 3.05) is 18.0 Å². The van der Waals surface area contributed by atoms with Gasteiger partial charge in [0.25, 0.3) is 0 Å². The molecule has 1 unspecified atom stereocenters. The standard InChI is InChI=1S/C20H21F2N5O2/c21-11-3-12(22)5-13(4-11)26-15-6-18(20(26)29)25(8-15)9-16(24)19(28)27-14(7-23)1-10-2-17(10)27/h3-5,10,14-18H,1-2,6,8-9,24H2/t10-,14+,15?,16+,17+,18-/m1/s1. The summed E-state index contributed by atoms with van der Waals surface area (Å²) < 4.78 is 27.1. The zero-order valence-corrected chi connectivity index (χ0v) is 15.7. The number of hydrogen-bond acceptors (Lipinski definition) is 5. The van der Waals surface area contributed by atoms with Gasteiger partial charge in [0, 0.05) is 30.9 Å². The molecule has 3 aliphatic heterocycles. The predicted molar refractivity (Wildman–Crippen MR) is 98.3 cm³/mol. The molecule has 152 valence electrons. The van der Waals surface area contributed by atoms with E-state index in [0.29, 0.717) is 25.3 Å². The normalized spacial score (nSPS) is 33.7. The van der Waals surface area contributed by atoms with Crippen molar-refractivity contribution < 1.29 is 18.4 Å². The Bertz CT molecular complexity index is 914. The zero-order valence-electron chi connectivity index (χ0n) is 15.7. The van der Waals surface area contributed by atoms with Gasteiger partial charge < -0.3 is 15.5 Å². The summed E-state index contributed by atoms with van der Waals surface area (Å²) in [4.78, 5) is 30.6. The maximum Gasteiger partial charge on any atom is 0.244 e. The lowest BCUT2D eigenvalue weighted by Gasteiger charge is -2.35. The minimum atomic E-state index is -0.808. The molecule has 1 aromatic carbocycles. The fraction of sp³-hybridized carbons (Fsp3) is 0.550. The second kappa shape index (κ2) is 6.47. The van der Waals surface area contributed by atoms with E-state index in [1.165, 1.54) is 4.90 Å². The van der Waals surface area contributed by atoms with Crippen LogP contribution in [0.1, 0.15) is 19.3 Å². The lowest BCUT2D eigenvalue weighted by atomic mass is 10.1. The van der Waals surface area contributed by atoms with Crippen LogP contribution in [0.3, 0.4) is 0 Å². The van der Waals surface area contributed by atoms with E-state index >= 15 is 0 Å². The number of nitrogens with zero attached hydrogens (tertiary/aromatic N) is 4. The highest BCUT2D eigenvalue weighted by atomic mass is 19.1. The summed E-state index contributed by atoms with van der Waals surface area (Å²) >= 11 is 0. The lowest BCUT2D eigenvalue weighted by Crippen LogP contribution is -2.57. The van der Waals surface area contributed by atoms with Crippen molar-refractivity contribution in [2.45, 2.75) is 49.5 Å². The number of rotatable bonds is 4. The SMILES string of the molecule is N#C[C@@H]1C[C@@H]2C[C@@H]2N1C(=O)[C@@H](N)CN1CC2C[C@@H]1C(=O)N2c1cc(F)cc(F)c1. The number of piperazine rings is 1. The molecular formula is C20H21F2N5O2. The molecule has 3 heterocycles. The average Bonchev–Trinajstić information content (AvgIpc) is 3.01.